The van der Waals surface area contributed by atoms with Crippen molar-refractivity contribution in [3.63, 3.8) is 0 Å². The zero-order chi connectivity index (χ0) is 18.2. The van der Waals surface area contributed by atoms with Crippen molar-refractivity contribution in [3.8, 4) is 11.8 Å². The summed E-state index contributed by atoms with van der Waals surface area (Å²) in [4.78, 5) is 4.21. The van der Waals surface area contributed by atoms with Gasteiger partial charge in [0.05, 0.1) is 11.6 Å². The van der Waals surface area contributed by atoms with E-state index in [0.717, 1.165) is 17.6 Å². The first-order valence-corrected chi connectivity index (χ1v) is 8.27. The van der Waals surface area contributed by atoms with Crippen LogP contribution in [0.3, 0.4) is 0 Å². The largest absolute Gasteiger partial charge is 0.482 e. The zero-order valence-corrected chi connectivity index (χ0v) is 14.9. The normalized spacial score (nSPS) is 17.0. The average molecular weight is 359 g/mol. The van der Waals surface area contributed by atoms with Crippen molar-refractivity contribution in [2.24, 2.45) is 10.9 Å². The van der Waals surface area contributed by atoms with E-state index >= 15 is 0 Å². The Morgan fingerprint density at radius 1 is 1.46 bits per heavy atom. The molecule has 1 rings (SSSR count). The maximum absolute atomic E-state index is 12.3. The van der Waals surface area contributed by atoms with Crippen LogP contribution in [0, 0.1) is 17.8 Å². The molecule has 1 atom stereocenters. The quantitative estimate of drug-likeness (QED) is 0.521. The highest BCUT2D eigenvalue weighted by Crippen LogP contribution is 2.18. The van der Waals surface area contributed by atoms with Crippen molar-refractivity contribution in [1.29, 1.82) is 0 Å². The number of allylic oxidation sites excluding steroid dienone is 5. The smallest absolute Gasteiger partial charge is 0.302 e. The molecule has 0 aromatic heterocycles. The monoisotopic (exact) mass is 358 g/mol. The summed E-state index contributed by atoms with van der Waals surface area (Å²) in [7, 11) is 0. The molecule has 1 unspecified atom stereocenters. The Bertz CT molecular complexity index is 616. The van der Waals surface area contributed by atoms with Crippen LogP contribution in [0.2, 0.25) is 0 Å². The van der Waals surface area contributed by atoms with E-state index < -0.39 is 6.30 Å². The highest BCUT2D eigenvalue weighted by molar-refractivity contribution is 6.39. The lowest BCUT2D eigenvalue weighted by Crippen LogP contribution is -2.30. The fourth-order valence-electron chi connectivity index (χ4n) is 2.08. The molecule has 0 amide bonds. The fourth-order valence-corrected chi connectivity index (χ4v) is 2.26. The number of nitrogens with zero attached hydrogens (tertiary/aromatic N) is 1. The van der Waals surface area contributed by atoms with Crippen LogP contribution in [0.1, 0.15) is 40.0 Å². The number of hydrogen-bond donors (Lipinski definition) is 1. The lowest BCUT2D eigenvalue weighted by atomic mass is 10.0. The van der Waals surface area contributed by atoms with Gasteiger partial charge < -0.3 is 5.32 Å². The molecule has 0 saturated heterocycles. The Balaban J connectivity index is 2.81. The van der Waals surface area contributed by atoms with Crippen LogP contribution in [0.5, 0.6) is 0 Å². The van der Waals surface area contributed by atoms with E-state index in [2.05, 4.69) is 16.8 Å². The Labute approximate surface area is 146 Å². The Morgan fingerprint density at radius 2 is 2.17 bits per heavy atom. The average Bonchev–Trinajstić information content (AvgIpc) is 2.68. The number of nitrogens with one attached hydrogen (secondary N) is 1. The predicted molar refractivity (Wildman–Crippen MR) is 93.7 cm³/mol. The predicted octanol–water partition coefficient (Wildman–Crippen LogP) is 5.33. The van der Waals surface area contributed by atoms with E-state index in [9.17, 15) is 13.2 Å². The molecule has 0 aliphatic carbocycles. The topological polar surface area (TPSA) is 24.4 Å². The second-order valence-corrected chi connectivity index (χ2v) is 5.92. The van der Waals surface area contributed by atoms with Crippen molar-refractivity contribution < 1.29 is 13.2 Å². The van der Waals surface area contributed by atoms with E-state index in [1.54, 1.807) is 30.6 Å². The number of halogens is 4. The summed E-state index contributed by atoms with van der Waals surface area (Å²) in [5, 5.41) is 2.08. The van der Waals surface area contributed by atoms with Gasteiger partial charge in [0.15, 0.2) is 0 Å². The lowest BCUT2D eigenvalue weighted by molar-refractivity contribution is -0.150. The number of alkyl halides is 3. The summed E-state index contributed by atoms with van der Waals surface area (Å²) in [5.74, 6) is 6.12. The minimum absolute atomic E-state index is 0.0662. The van der Waals surface area contributed by atoms with Crippen molar-refractivity contribution in [1.82, 2.24) is 5.32 Å². The third-order valence-electron chi connectivity index (χ3n) is 3.44. The molecule has 0 spiro atoms. The molecule has 0 aromatic rings. The highest BCUT2D eigenvalue weighted by Gasteiger charge is 2.27. The second kappa shape index (κ2) is 9.58. The SMILES string of the molecule is CCC1=C(C#CC(C)C/C=C(\CC)NC(F)(F)F)C=C(Cl)C=NC1. The molecule has 1 aliphatic heterocycles. The molecule has 0 radical (unpaired) electrons. The van der Waals surface area contributed by atoms with Gasteiger partial charge >= 0.3 is 6.30 Å². The van der Waals surface area contributed by atoms with Gasteiger partial charge in [0.2, 0.25) is 0 Å². The molecule has 2 nitrogen and oxygen atoms in total. The van der Waals surface area contributed by atoms with Crippen molar-refractivity contribution in [2.45, 2.75) is 46.3 Å². The van der Waals surface area contributed by atoms with Gasteiger partial charge in [0, 0.05) is 23.4 Å². The van der Waals surface area contributed by atoms with Crippen molar-refractivity contribution in [3.05, 3.63) is 34.0 Å². The molecule has 0 fully saturated rings. The van der Waals surface area contributed by atoms with Gasteiger partial charge in [-0.05, 0) is 30.9 Å². The summed E-state index contributed by atoms with van der Waals surface area (Å²) >= 11 is 6.02. The van der Waals surface area contributed by atoms with Gasteiger partial charge in [-0.25, -0.2) is 0 Å². The van der Waals surface area contributed by atoms with Gasteiger partial charge in [-0.15, -0.1) is 0 Å². The molecule has 132 valence electrons. The van der Waals surface area contributed by atoms with Gasteiger partial charge in [-0.2, -0.15) is 13.2 Å². The van der Waals surface area contributed by atoms with Crippen LogP contribution in [0.25, 0.3) is 0 Å². The number of aliphatic imine (C=N–C) groups is 1. The molecular formula is C18H22ClF3N2. The lowest BCUT2D eigenvalue weighted by Gasteiger charge is -2.12. The van der Waals surface area contributed by atoms with Crippen LogP contribution in [-0.4, -0.2) is 19.1 Å². The summed E-state index contributed by atoms with van der Waals surface area (Å²) < 4.78 is 37.0. The Kier molecular flexibility index (Phi) is 8.14. The van der Waals surface area contributed by atoms with Crippen LogP contribution >= 0.6 is 11.6 Å². The van der Waals surface area contributed by atoms with E-state index in [0.29, 0.717) is 24.4 Å². The van der Waals surface area contributed by atoms with Crippen LogP contribution in [0.4, 0.5) is 13.2 Å². The molecular weight excluding hydrogens is 337 g/mol. The molecule has 0 aromatic carbocycles. The zero-order valence-electron chi connectivity index (χ0n) is 14.1. The van der Waals surface area contributed by atoms with Crippen molar-refractivity contribution in [2.75, 3.05) is 6.54 Å². The second-order valence-electron chi connectivity index (χ2n) is 5.48. The van der Waals surface area contributed by atoms with E-state index in [-0.39, 0.29) is 11.6 Å². The molecule has 1 N–H and O–H groups in total. The van der Waals surface area contributed by atoms with E-state index in [4.69, 9.17) is 11.6 Å². The maximum atomic E-state index is 12.3. The molecule has 0 bridgehead atoms. The van der Waals surface area contributed by atoms with Gasteiger partial charge in [0.25, 0.3) is 0 Å². The summed E-state index contributed by atoms with van der Waals surface area (Å²) in [6.45, 7) is 6.16. The first kappa shape index (κ1) is 20.4. The third-order valence-corrected chi connectivity index (χ3v) is 3.65. The number of hydrogen-bond acceptors (Lipinski definition) is 2. The molecule has 1 heterocycles. The van der Waals surface area contributed by atoms with Crippen LogP contribution in [0.15, 0.2) is 39.0 Å². The molecule has 1 aliphatic rings. The standard InChI is InChI=1S/C18H22ClF3N2/c1-4-14-11-23-12-16(19)10-15(14)8-6-13(3)7-9-17(5-2)24-18(20,21)22/h9-10,12-13,24H,4-5,7,11H2,1-3H3/b17-9+. The van der Waals surface area contributed by atoms with Crippen LogP contribution in [-0.2, 0) is 0 Å². The first-order valence-electron chi connectivity index (χ1n) is 7.89. The third kappa shape index (κ3) is 7.74. The van der Waals surface area contributed by atoms with E-state index in [1.807, 2.05) is 13.8 Å². The van der Waals surface area contributed by atoms with E-state index in [1.165, 1.54) is 0 Å². The van der Waals surface area contributed by atoms with Gasteiger partial charge in [0.1, 0.15) is 0 Å². The number of rotatable bonds is 5. The maximum Gasteiger partial charge on any atom is 0.482 e. The molecule has 6 heteroatoms. The van der Waals surface area contributed by atoms with Gasteiger partial charge in [-0.3, -0.25) is 4.99 Å². The van der Waals surface area contributed by atoms with Crippen LogP contribution < -0.4 is 5.32 Å². The minimum atomic E-state index is -4.40. The highest BCUT2D eigenvalue weighted by atomic mass is 35.5. The summed E-state index contributed by atoms with van der Waals surface area (Å²) in [5.41, 5.74) is 2.11. The molecule has 24 heavy (non-hydrogen) atoms. The van der Waals surface area contributed by atoms with Gasteiger partial charge in [-0.1, -0.05) is 50.3 Å². The first-order chi connectivity index (χ1) is 11.2. The van der Waals surface area contributed by atoms with Crippen molar-refractivity contribution >= 4 is 17.8 Å². The molecule has 0 saturated carbocycles. The fraction of sp³-hybridized carbons (Fsp3) is 0.500. The Morgan fingerprint density at radius 3 is 2.75 bits per heavy atom. The minimum Gasteiger partial charge on any atom is -0.302 e. The summed E-state index contributed by atoms with van der Waals surface area (Å²) in [6.07, 6.45) is 2.11. The summed E-state index contributed by atoms with van der Waals surface area (Å²) in [6, 6.07) is 0. The Hall–Kier alpha value is -1.67.